The number of aliphatic carboxylic acids is 1. The zero-order valence-corrected chi connectivity index (χ0v) is 9.46. The normalized spacial score (nSPS) is 27.1. The SMILES string of the molecule is O=C(O)CCCN1NC12CCCCC2.[H-].[Li+]. The molecule has 82 valence electrons. The monoisotopic (exact) mass is 206 g/mol. The molecule has 1 spiro atoms. The third-order valence-corrected chi connectivity index (χ3v) is 3.26. The number of nitrogens with zero attached hydrogens (tertiary/aromatic N) is 1. The Hall–Kier alpha value is -0.0126. The van der Waals surface area contributed by atoms with Gasteiger partial charge < -0.3 is 6.53 Å². The maximum Gasteiger partial charge on any atom is 1.00 e. The Morgan fingerprint density at radius 2 is 2.07 bits per heavy atom. The molecule has 2 rings (SSSR count). The quantitative estimate of drug-likeness (QED) is 0.432. The molecule has 1 saturated heterocycles. The molecular weight excluding hydrogens is 187 g/mol. The summed E-state index contributed by atoms with van der Waals surface area (Å²) in [4.78, 5) is 10.3. The van der Waals surface area contributed by atoms with Gasteiger partial charge in [0, 0.05) is 13.0 Å². The molecule has 2 aliphatic rings. The van der Waals surface area contributed by atoms with Crippen LogP contribution in [-0.4, -0.2) is 28.3 Å². The molecule has 0 aromatic carbocycles. The number of hydrazine groups is 1. The number of hydrogen-bond acceptors (Lipinski definition) is 3. The summed E-state index contributed by atoms with van der Waals surface area (Å²) in [5, 5.41) is 10.7. The molecule has 0 amide bonds. The van der Waals surface area contributed by atoms with Crippen LogP contribution in [0.25, 0.3) is 0 Å². The van der Waals surface area contributed by atoms with Crippen LogP contribution >= 0.6 is 0 Å². The first-order chi connectivity index (χ1) is 6.73. The Labute approximate surface area is 104 Å². The molecule has 0 radical (unpaired) electrons. The van der Waals surface area contributed by atoms with Gasteiger partial charge in [0.15, 0.2) is 0 Å². The van der Waals surface area contributed by atoms with Gasteiger partial charge in [-0.2, -0.15) is 0 Å². The smallest absolute Gasteiger partial charge is 1.00 e. The minimum Gasteiger partial charge on any atom is -1.00 e. The molecule has 1 atom stereocenters. The topological polar surface area (TPSA) is 62.2 Å². The Morgan fingerprint density at radius 3 is 2.67 bits per heavy atom. The fourth-order valence-corrected chi connectivity index (χ4v) is 2.40. The first kappa shape index (κ1) is 13.1. The fourth-order valence-electron chi connectivity index (χ4n) is 2.40. The predicted octanol–water partition coefficient (Wildman–Crippen LogP) is -1.55. The van der Waals surface area contributed by atoms with E-state index in [4.69, 9.17) is 5.11 Å². The van der Waals surface area contributed by atoms with Crippen LogP contribution in [0.4, 0.5) is 0 Å². The third-order valence-electron chi connectivity index (χ3n) is 3.26. The number of carboxylic acid groups (broad SMARTS) is 1. The van der Waals surface area contributed by atoms with Gasteiger partial charge in [0.05, 0.1) is 5.66 Å². The standard InChI is InChI=1S/C10H18N2O2.Li.H/c13-9(14)5-4-8-12-10(11-12)6-2-1-3-7-10;;/h11H,1-8H2,(H,13,14);;/q;+1;-1. The van der Waals surface area contributed by atoms with Gasteiger partial charge in [-0.05, 0) is 19.3 Å². The van der Waals surface area contributed by atoms with Crippen LogP contribution in [0.2, 0.25) is 0 Å². The van der Waals surface area contributed by atoms with E-state index in [9.17, 15) is 4.79 Å². The average Bonchev–Trinajstić information content (AvgIpc) is 2.79. The van der Waals surface area contributed by atoms with Crippen LogP contribution in [0.5, 0.6) is 0 Å². The van der Waals surface area contributed by atoms with Gasteiger partial charge in [-0.3, -0.25) is 4.79 Å². The zero-order valence-electron chi connectivity index (χ0n) is 10.5. The van der Waals surface area contributed by atoms with Crippen molar-refractivity contribution in [2.24, 2.45) is 0 Å². The van der Waals surface area contributed by atoms with Gasteiger partial charge in [0.1, 0.15) is 0 Å². The van der Waals surface area contributed by atoms with Gasteiger partial charge in [-0.1, -0.05) is 19.3 Å². The molecule has 1 heterocycles. The van der Waals surface area contributed by atoms with E-state index in [1.165, 1.54) is 32.1 Å². The molecule has 2 N–H and O–H groups in total. The van der Waals surface area contributed by atoms with Gasteiger partial charge >= 0.3 is 24.8 Å². The van der Waals surface area contributed by atoms with E-state index in [0.29, 0.717) is 0 Å². The zero-order chi connectivity index (χ0) is 10.0. The molecule has 1 aliphatic carbocycles. The van der Waals surface area contributed by atoms with E-state index < -0.39 is 5.97 Å². The molecular formula is C10H19LiN2O2. The molecule has 4 nitrogen and oxygen atoms in total. The summed E-state index contributed by atoms with van der Waals surface area (Å²) in [7, 11) is 0. The number of carbonyl (C=O) groups is 1. The second kappa shape index (κ2) is 5.36. The van der Waals surface area contributed by atoms with Crippen molar-refractivity contribution in [3.05, 3.63) is 0 Å². The first-order valence-electron chi connectivity index (χ1n) is 5.50. The number of hydrogen-bond donors (Lipinski definition) is 2. The van der Waals surface area contributed by atoms with Crippen molar-refractivity contribution in [2.45, 2.75) is 50.6 Å². The average molecular weight is 206 g/mol. The molecule has 0 bridgehead atoms. The van der Waals surface area contributed by atoms with Gasteiger partial charge in [-0.15, -0.1) is 0 Å². The second-order valence-electron chi connectivity index (χ2n) is 4.35. The summed E-state index contributed by atoms with van der Waals surface area (Å²) in [6.07, 6.45) is 7.48. The van der Waals surface area contributed by atoms with Crippen molar-refractivity contribution in [3.63, 3.8) is 0 Å². The molecule has 1 saturated carbocycles. The Balaban J connectivity index is 0.00000112. The summed E-state index contributed by atoms with van der Waals surface area (Å²) in [5.74, 6) is -0.690. The van der Waals surface area contributed by atoms with E-state index >= 15 is 0 Å². The van der Waals surface area contributed by atoms with E-state index in [0.717, 1.165) is 13.0 Å². The summed E-state index contributed by atoms with van der Waals surface area (Å²) < 4.78 is 0. The van der Waals surface area contributed by atoms with Crippen LogP contribution < -0.4 is 24.3 Å². The van der Waals surface area contributed by atoms with Crippen molar-refractivity contribution < 1.29 is 30.2 Å². The first-order valence-corrected chi connectivity index (χ1v) is 5.50. The van der Waals surface area contributed by atoms with Crippen LogP contribution in [0.15, 0.2) is 0 Å². The minimum absolute atomic E-state index is 0. The van der Waals surface area contributed by atoms with Crippen molar-refractivity contribution in [3.8, 4) is 0 Å². The summed E-state index contributed by atoms with van der Waals surface area (Å²) in [5.41, 5.74) is 3.67. The number of rotatable bonds is 4. The van der Waals surface area contributed by atoms with Crippen LogP contribution in [0.3, 0.4) is 0 Å². The Morgan fingerprint density at radius 1 is 1.40 bits per heavy atom. The van der Waals surface area contributed by atoms with E-state index in [1.807, 2.05) is 0 Å². The number of carboxylic acids is 1. The van der Waals surface area contributed by atoms with Crippen LogP contribution in [0.1, 0.15) is 46.4 Å². The van der Waals surface area contributed by atoms with E-state index in [1.54, 1.807) is 0 Å². The maximum atomic E-state index is 10.3. The summed E-state index contributed by atoms with van der Waals surface area (Å²) in [6, 6.07) is 0. The largest absolute Gasteiger partial charge is 1.00 e. The Bertz CT molecular complexity index is 235. The summed E-state index contributed by atoms with van der Waals surface area (Å²) >= 11 is 0. The molecule has 0 aromatic rings. The molecule has 0 aromatic heterocycles. The van der Waals surface area contributed by atoms with Crippen LogP contribution in [-0.2, 0) is 4.79 Å². The molecule has 2 fully saturated rings. The predicted molar refractivity (Wildman–Crippen MR) is 53.6 cm³/mol. The van der Waals surface area contributed by atoms with Crippen molar-refractivity contribution in [1.29, 1.82) is 0 Å². The minimum atomic E-state index is -0.690. The molecule has 5 heteroatoms. The summed E-state index contributed by atoms with van der Waals surface area (Å²) in [6.45, 7) is 0.881. The van der Waals surface area contributed by atoms with E-state index in [2.05, 4.69) is 10.4 Å². The second-order valence-corrected chi connectivity index (χ2v) is 4.35. The van der Waals surface area contributed by atoms with Crippen LogP contribution in [0, 0.1) is 0 Å². The van der Waals surface area contributed by atoms with Crippen molar-refractivity contribution in [1.82, 2.24) is 10.4 Å². The molecule has 1 unspecified atom stereocenters. The molecule has 15 heavy (non-hydrogen) atoms. The Kier molecular flexibility index (Phi) is 4.66. The third kappa shape index (κ3) is 3.22. The van der Waals surface area contributed by atoms with Crippen molar-refractivity contribution >= 4 is 5.97 Å². The fraction of sp³-hybridized carbons (Fsp3) is 0.900. The van der Waals surface area contributed by atoms with Gasteiger partial charge in [-0.25, -0.2) is 10.4 Å². The molecule has 1 aliphatic heterocycles. The van der Waals surface area contributed by atoms with Crippen molar-refractivity contribution in [2.75, 3.05) is 6.54 Å². The van der Waals surface area contributed by atoms with Gasteiger partial charge in [0.25, 0.3) is 0 Å². The maximum absolute atomic E-state index is 10.3. The van der Waals surface area contributed by atoms with Gasteiger partial charge in [0.2, 0.25) is 0 Å². The number of nitrogens with one attached hydrogen (secondary N) is 1. The van der Waals surface area contributed by atoms with E-state index in [-0.39, 0.29) is 32.4 Å².